The van der Waals surface area contributed by atoms with E-state index in [0.29, 0.717) is 18.2 Å². The Morgan fingerprint density at radius 3 is 3.00 bits per heavy atom. The van der Waals surface area contributed by atoms with Crippen LogP contribution in [0.1, 0.15) is 51.8 Å². The lowest BCUT2D eigenvalue weighted by Crippen LogP contribution is -2.36. The van der Waals surface area contributed by atoms with Crippen molar-refractivity contribution < 1.29 is 4.79 Å². The van der Waals surface area contributed by atoms with Crippen LogP contribution in [-0.4, -0.2) is 32.8 Å². The van der Waals surface area contributed by atoms with Crippen molar-refractivity contribution in [3.05, 3.63) is 18.2 Å². The molecule has 1 aromatic heterocycles. The molecular formula is C15H25N3O. The predicted octanol–water partition coefficient (Wildman–Crippen LogP) is 2.63. The molecule has 1 unspecified atom stereocenters. The molecule has 4 heteroatoms. The third-order valence-electron chi connectivity index (χ3n) is 4.01. The van der Waals surface area contributed by atoms with Crippen LogP contribution in [0.4, 0.5) is 0 Å². The van der Waals surface area contributed by atoms with Crippen LogP contribution in [0.25, 0.3) is 0 Å². The normalized spacial score (nSPS) is 21.3. The number of aromatic nitrogens is 2. The van der Waals surface area contributed by atoms with Gasteiger partial charge >= 0.3 is 0 Å². The highest BCUT2D eigenvalue weighted by Crippen LogP contribution is 2.21. The van der Waals surface area contributed by atoms with Gasteiger partial charge in [-0.05, 0) is 33.2 Å². The molecular weight excluding hydrogens is 238 g/mol. The van der Waals surface area contributed by atoms with Gasteiger partial charge in [0.2, 0.25) is 0 Å². The fourth-order valence-corrected chi connectivity index (χ4v) is 2.97. The van der Waals surface area contributed by atoms with E-state index < -0.39 is 0 Å². The van der Waals surface area contributed by atoms with Crippen molar-refractivity contribution in [1.29, 1.82) is 0 Å². The molecule has 0 N–H and O–H groups in total. The molecule has 4 nitrogen and oxygen atoms in total. The maximum absolute atomic E-state index is 11.4. The van der Waals surface area contributed by atoms with E-state index >= 15 is 0 Å². The average molecular weight is 263 g/mol. The molecule has 0 aliphatic carbocycles. The summed E-state index contributed by atoms with van der Waals surface area (Å²) in [5.41, 5.74) is 0. The van der Waals surface area contributed by atoms with Crippen LogP contribution in [0.3, 0.4) is 0 Å². The van der Waals surface area contributed by atoms with E-state index in [0.717, 1.165) is 31.9 Å². The number of aryl methyl sites for hydroxylation is 1. The van der Waals surface area contributed by atoms with E-state index in [1.165, 1.54) is 19.3 Å². The fraction of sp³-hybridized carbons (Fsp3) is 0.733. The molecule has 1 aliphatic heterocycles. The molecule has 0 bridgehead atoms. The number of hydrogen-bond donors (Lipinski definition) is 0. The maximum Gasteiger partial charge on any atom is 0.131 e. The summed E-state index contributed by atoms with van der Waals surface area (Å²) in [7, 11) is 0. The van der Waals surface area contributed by atoms with Crippen molar-refractivity contribution in [2.75, 3.05) is 6.54 Å². The highest BCUT2D eigenvalue weighted by Gasteiger charge is 2.23. The summed E-state index contributed by atoms with van der Waals surface area (Å²) >= 11 is 0. The second-order valence-corrected chi connectivity index (χ2v) is 5.51. The second-order valence-electron chi connectivity index (χ2n) is 5.51. The molecule has 1 aromatic rings. The third kappa shape index (κ3) is 3.90. The lowest BCUT2D eigenvalue weighted by molar-refractivity contribution is -0.118. The first-order valence-electron chi connectivity index (χ1n) is 7.44. The number of likely N-dealkylation sites (tertiary alicyclic amines) is 1. The van der Waals surface area contributed by atoms with E-state index in [9.17, 15) is 4.79 Å². The topological polar surface area (TPSA) is 38.1 Å². The van der Waals surface area contributed by atoms with Gasteiger partial charge in [0.05, 0.1) is 6.54 Å². The van der Waals surface area contributed by atoms with Crippen LogP contribution in [0.2, 0.25) is 0 Å². The monoisotopic (exact) mass is 263 g/mol. The van der Waals surface area contributed by atoms with Crippen molar-refractivity contribution in [1.82, 2.24) is 14.5 Å². The largest absolute Gasteiger partial charge is 0.334 e. The first-order chi connectivity index (χ1) is 9.20. The lowest BCUT2D eigenvalue weighted by Gasteiger charge is -2.29. The number of rotatable bonds is 5. The highest BCUT2D eigenvalue weighted by molar-refractivity contribution is 5.76. The zero-order chi connectivity index (χ0) is 13.7. The van der Waals surface area contributed by atoms with Crippen LogP contribution < -0.4 is 0 Å². The van der Waals surface area contributed by atoms with Gasteiger partial charge in [-0.25, -0.2) is 4.98 Å². The molecule has 0 amide bonds. The van der Waals surface area contributed by atoms with Gasteiger partial charge in [0.25, 0.3) is 0 Å². The van der Waals surface area contributed by atoms with Gasteiger partial charge in [-0.1, -0.05) is 12.8 Å². The van der Waals surface area contributed by atoms with Gasteiger partial charge in [0.1, 0.15) is 11.6 Å². The summed E-state index contributed by atoms with van der Waals surface area (Å²) in [5.74, 6) is 1.42. The summed E-state index contributed by atoms with van der Waals surface area (Å²) in [6.45, 7) is 6.77. The SMILES string of the molecule is CCn1ccnc1CN1CCCCCC1CC(C)=O. The number of ketones is 1. The van der Waals surface area contributed by atoms with E-state index in [-0.39, 0.29) is 0 Å². The Morgan fingerprint density at radius 2 is 2.26 bits per heavy atom. The quantitative estimate of drug-likeness (QED) is 0.819. The van der Waals surface area contributed by atoms with Crippen molar-refractivity contribution in [3.8, 4) is 0 Å². The highest BCUT2D eigenvalue weighted by atomic mass is 16.1. The van der Waals surface area contributed by atoms with Crippen molar-refractivity contribution in [2.45, 2.75) is 65.1 Å². The zero-order valence-corrected chi connectivity index (χ0v) is 12.1. The number of hydrogen-bond acceptors (Lipinski definition) is 3. The molecule has 1 fully saturated rings. The molecule has 2 heterocycles. The summed E-state index contributed by atoms with van der Waals surface area (Å²) in [4.78, 5) is 18.4. The Bertz CT molecular complexity index is 413. The van der Waals surface area contributed by atoms with Gasteiger partial charge in [-0.2, -0.15) is 0 Å². The molecule has 0 radical (unpaired) electrons. The Kier molecular flexibility index (Phi) is 5.14. The summed E-state index contributed by atoms with van der Waals surface area (Å²) in [6, 6.07) is 0.405. The Morgan fingerprint density at radius 1 is 1.42 bits per heavy atom. The predicted molar refractivity (Wildman–Crippen MR) is 75.9 cm³/mol. The van der Waals surface area contributed by atoms with Crippen LogP contribution in [-0.2, 0) is 17.9 Å². The molecule has 0 saturated carbocycles. The molecule has 1 atom stereocenters. The first kappa shape index (κ1) is 14.3. The number of Topliss-reactive ketones (excluding diaryl/α,β-unsaturated/α-hetero) is 1. The van der Waals surface area contributed by atoms with Gasteiger partial charge in [-0.3, -0.25) is 9.69 Å². The second kappa shape index (κ2) is 6.85. The lowest BCUT2D eigenvalue weighted by atomic mass is 10.0. The van der Waals surface area contributed by atoms with E-state index in [1.807, 2.05) is 12.4 Å². The summed E-state index contributed by atoms with van der Waals surface area (Å²) < 4.78 is 2.19. The number of carbonyl (C=O) groups is 1. The minimum Gasteiger partial charge on any atom is -0.334 e. The summed E-state index contributed by atoms with van der Waals surface area (Å²) in [6.07, 6.45) is 9.51. The molecule has 106 valence electrons. The minimum atomic E-state index is 0.302. The molecule has 1 saturated heterocycles. The molecule has 1 aliphatic rings. The Hall–Kier alpha value is -1.16. The standard InChI is InChI=1S/C15H25N3O/c1-3-17-10-8-16-15(17)12-18-9-6-4-5-7-14(18)11-13(2)19/h8,10,14H,3-7,9,11-12H2,1-2H3. The first-order valence-corrected chi connectivity index (χ1v) is 7.44. The number of imidazole rings is 1. The Balaban J connectivity index is 2.07. The van der Waals surface area contributed by atoms with Crippen LogP contribution in [0.5, 0.6) is 0 Å². The van der Waals surface area contributed by atoms with Gasteiger partial charge in [0.15, 0.2) is 0 Å². The Labute approximate surface area is 115 Å². The minimum absolute atomic E-state index is 0.302. The van der Waals surface area contributed by atoms with Crippen LogP contribution in [0, 0.1) is 0 Å². The zero-order valence-electron chi connectivity index (χ0n) is 12.1. The molecule has 0 spiro atoms. The van der Waals surface area contributed by atoms with Crippen molar-refractivity contribution >= 4 is 5.78 Å². The number of carbonyl (C=O) groups excluding carboxylic acids is 1. The molecule has 19 heavy (non-hydrogen) atoms. The third-order valence-corrected chi connectivity index (χ3v) is 4.01. The van der Waals surface area contributed by atoms with Crippen LogP contribution in [0.15, 0.2) is 12.4 Å². The molecule has 2 rings (SSSR count). The fourth-order valence-electron chi connectivity index (χ4n) is 2.97. The van der Waals surface area contributed by atoms with Crippen molar-refractivity contribution in [2.24, 2.45) is 0 Å². The van der Waals surface area contributed by atoms with Gasteiger partial charge in [0, 0.05) is 31.4 Å². The maximum atomic E-state index is 11.4. The van der Waals surface area contributed by atoms with E-state index in [2.05, 4.69) is 21.4 Å². The van der Waals surface area contributed by atoms with Gasteiger partial charge < -0.3 is 4.57 Å². The van der Waals surface area contributed by atoms with E-state index in [1.54, 1.807) is 6.92 Å². The van der Waals surface area contributed by atoms with E-state index in [4.69, 9.17) is 0 Å². The smallest absolute Gasteiger partial charge is 0.131 e. The summed E-state index contributed by atoms with van der Waals surface area (Å²) in [5, 5.41) is 0. The number of nitrogens with zero attached hydrogens (tertiary/aromatic N) is 3. The molecule has 0 aromatic carbocycles. The average Bonchev–Trinajstić information content (AvgIpc) is 2.71. The van der Waals surface area contributed by atoms with Gasteiger partial charge in [-0.15, -0.1) is 0 Å². The van der Waals surface area contributed by atoms with Crippen LogP contribution >= 0.6 is 0 Å². The van der Waals surface area contributed by atoms with Crippen molar-refractivity contribution in [3.63, 3.8) is 0 Å².